The van der Waals surface area contributed by atoms with Crippen LogP contribution in [-0.4, -0.2) is 76.2 Å². The normalized spacial score (nSPS) is 21.9. The van der Waals surface area contributed by atoms with Gasteiger partial charge in [0.05, 0.1) is 28.7 Å². The number of rotatable bonds is 8. The van der Waals surface area contributed by atoms with Crippen molar-refractivity contribution >= 4 is 10.0 Å². The van der Waals surface area contributed by atoms with Crippen LogP contribution in [0.2, 0.25) is 0 Å². The van der Waals surface area contributed by atoms with Crippen LogP contribution in [0.1, 0.15) is 11.1 Å². The third kappa shape index (κ3) is 5.71. The first-order valence-corrected chi connectivity index (χ1v) is 12.2. The van der Waals surface area contributed by atoms with Gasteiger partial charge in [-0.25, -0.2) is 17.5 Å². The number of fused-ring (bicyclic) bond motifs is 2. The van der Waals surface area contributed by atoms with Crippen LogP contribution in [0.4, 0.5) is 4.39 Å². The lowest BCUT2D eigenvalue weighted by Crippen LogP contribution is -2.60. The minimum Gasteiger partial charge on any atom is -0.370 e. The van der Waals surface area contributed by atoms with Gasteiger partial charge in [0.15, 0.2) is 0 Å². The first kappa shape index (κ1) is 22.8. The number of nitriles is 1. The van der Waals surface area contributed by atoms with Crippen molar-refractivity contribution < 1.29 is 17.5 Å². The van der Waals surface area contributed by atoms with Gasteiger partial charge in [0.1, 0.15) is 5.82 Å². The molecule has 2 heterocycles. The second kappa shape index (κ2) is 10.1. The van der Waals surface area contributed by atoms with Crippen LogP contribution < -0.4 is 4.72 Å². The first-order valence-electron chi connectivity index (χ1n) is 10.8. The molecule has 170 valence electrons. The molecule has 2 aliphatic rings. The van der Waals surface area contributed by atoms with Crippen molar-refractivity contribution in [1.29, 1.82) is 5.26 Å². The van der Waals surface area contributed by atoms with E-state index in [2.05, 4.69) is 14.5 Å². The smallest absolute Gasteiger partial charge is 0.240 e. The van der Waals surface area contributed by atoms with Gasteiger partial charge in [0, 0.05) is 45.8 Å². The summed E-state index contributed by atoms with van der Waals surface area (Å²) >= 11 is 0. The SMILES string of the molecule is N#Cc1ccc(S(=O)(=O)NCCN2CC3CN(CCc4ccccc4F)CC(C2)O3)cc1. The first-order chi connectivity index (χ1) is 15.4. The Labute approximate surface area is 188 Å². The fraction of sp³-hybridized carbons (Fsp3) is 0.435. The van der Waals surface area contributed by atoms with E-state index in [1.54, 1.807) is 6.07 Å². The Kier molecular flexibility index (Phi) is 7.18. The number of hydrogen-bond donors (Lipinski definition) is 1. The zero-order chi connectivity index (χ0) is 22.6. The summed E-state index contributed by atoms with van der Waals surface area (Å²) in [4.78, 5) is 4.71. The average Bonchev–Trinajstić information content (AvgIpc) is 2.78. The molecule has 0 amide bonds. The van der Waals surface area contributed by atoms with Crippen molar-refractivity contribution in [1.82, 2.24) is 14.5 Å². The van der Waals surface area contributed by atoms with Gasteiger partial charge in [0.2, 0.25) is 10.0 Å². The van der Waals surface area contributed by atoms with Gasteiger partial charge in [-0.15, -0.1) is 0 Å². The van der Waals surface area contributed by atoms with Crippen molar-refractivity contribution in [2.45, 2.75) is 23.5 Å². The molecule has 0 spiro atoms. The third-order valence-electron chi connectivity index (χ3n) is 5.90. The molecule has 0 aromatic heterocycles. The maximum absolute atomic E-state index is 13.9. The van der Waals surface area contributed by atoms with Crippen molar-refractivity contribution in [3.05, 3.63) is 65.5 Å². The lowest BCUT2D eigenvalue weighted by atomic mass is 10.1. The van der Waals surface area contributed by atoms with Crippen LogP contribution >= 0.6 is 0 Å². The second-order valence-corrected chi connectivity index (χ2v) is 10.0. The standard InChI is InChI=1S/C23H27FN4O3S/c24-23-4-2-1-3-19(23)9-11-27-14-20-16-28(17-21(15-27)31-20)12-10-26-32(29,30)22-7-5-18(13-25)6-8-22/h1-8,20-21,26H,9-12,14-17H2. The van der Waals surface area contributed by atoms with E-state index in [0.29, 0.717) is 25.1 Å². The Hall–Kier alpha value is -2.35. The number of hydrogen-bond acceptors (Lipinski definition) is 6. The van der Waals surface area contributed by atoms with Crippen LogP contribution in [-0.2, 0) is 21.2 Å². The molecule has 0 aliphatic carbocycles. The van der Waals surface area contributed by atoms with Gasteiger partial charge in [-0.1, -0.05) is 18.2 Å². The topological polar surface area (TPSA) is 85.7 Å². The summed E-state index contributed by atoms with van der Waals surface area (Å²) in [6.45, 7) is 4.76. The Morgan fingerprint density at radius 3 is 2.25 bits per heavy atom. The molecule has 7 nitrogen and oxygen atoms in total. The van der Waals surface area contributed by atoms with Crippen LogP contribution in [0.25, 0.3) is 0 Å². The monoisotopic (exact) mass is 458 g/mol. The molecule has 2 bridgehead atoms. The van der Waals surface area contributed by atoms with E-state index in [-0.39, 0.29) is 22.9 Å². The van der Waals surface area contributed by atoms with E-state index in [1.807, 2.05) is 18.2 Å². The molecule has 2 saturated heterocycles. The largest absolute Gasteiger partial charge is 0.370 e. The summed E-state index contributed by atoms with van der Waals surface area (Å²) in [5.74, 6) is -0.157. The molecular formula is C23H27FN4O3S. The number of benzene rings is 2. The lowest BCUT2D eigenvalue weighted by molar-refractivity contribution is -0.137. The van der Waals surface area contributed by atoms with Crippen LogP contribution in [0.15, 0.2) is 53.4 Å². The van der Waals surface area contributed by atoms with Crippen molar-refractivity contribution in [3.8, 4) is 6.07 Å². The quantitative estimate of drug-likeness (QED) is 0.647. The zero-order valence-corrected chi connectivity index (χ0v) is 18.6. The van der Waals surface area contributed by atoms with Gasteiger partial charge < -0.3 is 4.74 Å². The number of nitrogens with zero attached hydrogens (tertiary/aromatic N) is 3. The van der Waals surface area contributed by atoms with Crippen LogP contribution in [0.3, 0.4) is 0 Å². The summed E-state index contributed by atoms with van der Waals surface area (Å²) < 4.78 is 47.5. The van der Waals surface area contributed by atoms with Crippen molar-refractivity contribution in [2.75, 3.05) is 45.8 Å². The highest BCUT2D eigenvalue weighted by Crippen LogP contribution is 2.20. The zero-order valence-electron chi connectivity index (χ0n) is 17.8. The Balaban J connectivity index is 1.23. The maximum Gasteiger partial charge on any atom is 0.240 e. The Morgan fingerprint density at radius 2 is 1.62 bits per heavy atom. The van der Waals surface area contributed by atoms with Gasteiger partial charge in [-0.3, -0.25) is 9.80 Å². The summed E-state index contributed by atoms with van der Waals surface area (Å²) in [5, 5.41) is 8.85. The Morgan fingerprint density at radius 1 is 1.00 bits per heavy atom. The molecule has 32 heavy (non-hydrogen) atoms. The molecular weight excluding hydrogens is 431 g/mol. The predicted molar refractivity (Wildman–Crippen MR) is 118 cm³/mol. The fourth-order valence-corrected chi connectivity index (χ4v) is 5.36. The molecule has 0 radical (unpaired) electrons. The van der Waals surface area contributed by atoms with Crippen LogP contribution in [0, 0.1) is 17.1 Å². The van der Waals surface area contributed by atoms with Gasteiger partial charge >= 0.3 is 0 Å². The molecule has 9 heteroatoms. The number of halogens is 1. The van der Waals surface area contributed by atoms with E-state index in [0.717, 1.165) is 38.3 Å². The molecule has 2 atom stereocenters. The minimum absolute atomic E-state index is 0.0678. The van der Waals surface area contributed by atoms with E-state index in [9.17, 15) is 12.8 Å². The van der Waals surface area contributed by atoms with E-state index in [4.69, 9.17) is 10.00 Å². The average molecular weight is 459 g/mol. The van der Waals surface area contributed by atoms with E-state index < -0.39 is 10.0 Å². The predicted octanol–water partition coefficient (Wildman–Crippen LogP) is 1.60. The molecule has 2 aromatic rings. The highest BCUT2D eigenvalue weighted by molar-refractivity contribution is 7.89. The summed E-state index contributed by atoms with van der Waals surface area (Å²) in [6.07, 6.45) is 0.809. The third-order valence-corrected chi connectivity index (χ3v) is 7.38. The number of ether oxygens (including phenoxy) is 1. The molecule has 1 N–H and O–H groups in total. The highest BCUT2D eigenvalue weighted by atomic mass is 32.2. The molecule has 2 aromatic carbocycles. The van der Waals surface area contributed by atoms with E-state index >= 15 is 0 Å². The highest BCUT2D eigenvalue weighted by Gasteiger charge is 2.34. The fourth-order valence-electron chi connectivity index (χ4n) is 4.34. The summed E-state index contributed by atoms with van der Waals surface area (Å²) in [5.41, 5.74) is 1.16. The Bertz CT molecular complexity index is 1060. The van der Waals surface area contributed by atoms with Gasteiger partial charge in [-0.2, -0.15) is 5.26 Å². The number of nitrogens with one attached hydrogen (secondary N) is 1. The van der Waals surface area contributed by atoms with Gasteiger partial charge in [0.25, 0.3) is 0 Å². The molecule has 4 rings (SSSR count). The molecule has 2 unspecified atom stereocenters. The van der Waals surface area contributed by atoms with Crippen molar-refractivity contribution in [3.63, 3.8) is 0 Å². The summed E-state index contributed by atoms with van der Waals surface area (Å²) in [6, 6.07) is 14.7. The van der Waals surface area contributed by atoms with Gasteiger partial charge in [-0.05, 0) is 42.3 Å². The molecule has 0 saturated carbocycles. The molecule has 2 fully saturated rings. The lowest BCUT2D eigenvalue weighted by Gasteiger charge is -2.46. The van der Waals surface area contributed by atoms with Crippen LogP contribution in [0.5, 0.6) is 0 Å². The van der Waals surface area contributed by atoms with Crippen molar-refractivity contribution in [2.24, 2.45) is 0 Å². The molecule has 2 aliphatic heterocycles. The maximum atomic E-state index is 13.9. The summed E-state index contributed by atoms with van der Waals surface area (Å²) in [7, 11) is -3.61. The number of sulfonamides is 1. The minimum atomic E-state index is -3.61. The number of morpholine rings is 2. The van der Waals surface area contributed by atoms with E-state index in [1.165, 1.54) is 30.3 Å². The second-order valence-electron chi connectivity index (χ2n) is 8.27.